The van der Waals surface area contributed by atoms with Crippen LogP contribution in [-0.2, 0) is 19.4 Å². The number of halogens is 1. The van der Waals surface area contributed by atoms with Gasteiger partial charge in [0.1, 0.15) is 17.0 Å². The lowest BCUT2D eigenvalue weighted by molar-refractivity contribution is 0.626. The number of para-hydroxylation sites is 1. The lowest BCUT2D eigenvalue weighted by Gasteiger charge is -2.11. The molecule has 0 fully saturated rings. The van der Waals surface area contributed by atoms with Gasteiger partial charge in [-0.25, -0.2) is 14.4 Å². The zero-order valence-corrected chi connectivity index (χ0v) is 18.8. The van der Waals surface area contributed by atoms with Gasteiger partial charge in [-0.05, 0) is 55.0 Å². The zero-order valence-electron chi connectivity index (χ0n) is 18.0. The summed E-state index contributed by atoms with van der Waals surface area (Å²) < 4.78 is 15.5. The van der Waals surface area contributed by atoms with E-state index in [1.807, 2.05) is 30.5 Å². The summed E-state index contributed by atoms with van der Waals surface area (Å²) in [6.07, 6.45) is 10.2. The average molecular weight is 456 g/mol. The molecular formula is C26H22FN5S. The Kier molecular flexibility index (Phi) is 5.11. The molecule has 7 heteroatoms. The third-order valence-corrected chi connectivity index (χ3v) is 7.41. The maximum absolute atomic E-state index is 13.3. The van der Waals surface area contributed by atoms with Crippen molar-refractivity contribution in [3.63, 3.8) is 0 Å². The van der Waals surface area contributed by atoms with Crippen molar-refractivity contribution in [2.45, 2.75) is 32.2 Å². The van der Waals surface area contributed by atoms with Crippen LogP contribution >= 0.6 is 11.3 Å². The molecule has 0 bridgehead atoms. The minimum Gasteiger partial charge on any atom is -0.342 e. The molecular weight excluding hydrogens is 433 g/mol. The summed E-state index contributed by atoms with van der Waals surface area (Å²) in [6.45, 7) is 0.662. The van der Waals surface area contributed by atoms with Gasteiger partial charge >= 0.3 is 0 Å². The number of nitrogens with one attached hydrogen (secondary N) is 1. The standard InChI is InChI=1S/C26H22FN5S/c27-19-11-9-17(10-12-19)14-32-15-18(20-5-1-3-7-22(20)32)13-30-31-25-24-21-6-2-4-8-23(21)33-26(24)29-16-28-25/h1,3,5,7,9-13,15-16H,2,4,6,8,14H2,(H,28,29,31). The monoisotopic (exact) mass is 455 g/mol. The first kappa shape index (κ1) is 20.1. The Morgan fingerprint density at radius 3 is 2.82 bits per heavy atom. The van der Waals surface area contributed by atoms with E-state index in [4.69, 9.17) is 0 Å². The van der Waals surface area contributed by atoms with E-state index in [1.165, 1.54) is 35.4 Å². The predicted octanol–water partition coefficient (Wildman–Crippen LogP) is 6.16. The van der Waals surface area contributed by atoms with Crippen LogP contribution in [0, 0.1) is 5.82 Å². The fraction of sp³-hybridized carbons (Fsp3) is 0.192. The van der Waals surface area contributed by atoms with E-state index in [9.17, 15) is 4.39 Å². The molecule has 1 aliphatic rings. The molecule has 33 heavy (non-hydrogen) atoms. The first-order chi connectivity index (χ1) is 16.3. The van der Waals surface area contributed by atoms with E-state index < -0.39 is 0 Å². The molecule has 0 aliphatic heterocycles. The molecule has 2 aromatic carbocycles. The van der Waals surface area contributed by atoms with Crippen LogP contribution in [0.4, 0.5) is 10.2 Å². The number of anilines is 1. The highest BCUT2D eigenvalue weighted by molar-refractivity contribution is 7.19. The quantitative estimate of drug-likeness (QED) is 0.255. The predicted molar refractivity (Wildman–Crippen MR) is 133 cm³/mol. The Morgan fingerprint density at radius 1 is 1.06 bits per heavy atom. The maximum Gasteiger partial charge on any atom is 0.158 e. The maximum atomic E-state index is 13.3. The fourth-order valence-corrected chi connectivity index (χ4v) is 5.86. The summed E-state index contributed by atoms with van der Waals surface area (Å²) in [5.41, 5.74) is 7.73. The first-order valence-corrected chi connectivity index (χ1v) is 11.9. The van der Waals surface area contributed by atoms with Gasteiger partial charge in [0.25, 0.3) is 0 Å². The number of aromatic nitrogens is 3. The summed E-state index contributed by atoms with van der Waals surface area (Å²) in [5.74, 6) is 0.548. The number of benzene rings is 2. The van der Waals surface area contributed by atoms with E-state index in [-0.39, 0.29) is 5.82 Å². The van der Waals surface area contributed by atoms with Crippen molar-refractivity contribution >= 4 is 44.5 Å². The molecule has 5 nitrogen and oxygen atoms in total. The van der Waals surface area contributed by atoms with Crippen LogP contribution in [0.2, 0.25) is 0 Å². The van der Waals surface area contributed by atoms with Gasteiger partial charge in [-0.1, -0.05) is 30.3 Å². The Morgan fingerprint density at radius 2 is 1.91 bits per heavy atom. The van der Waals surface area contributed by atoms with Crippen LogP contribution in [0.3, 0.4) is 0 Å². The number of thiophene rings is 1. The van der Waals surface area contributed by atoms with Gasteiger partial charge in [-0.3, -0.25) is 5.43 Å². The van der Waals surface area contributed by atoms with Gasteiger partial charge in [0, 0.05) is 34.1 Å². The topological polar surface area (TPSA) is 55.1 Å². The van der Waals surface area contributed by atoms with E-state index in [0.717, 1.165) is 50.9 Å². The van der Waals surface area contributed by atoms with Crippen molar-refractivity contribution < 1.29 is 4.39 Å². The second kappa shape index (κ2) is 8.41. The van der Waals surface area contributed by atoms with E-state index in [2.05, 4.69) is 43.4 Å². The second-order valence-corrected chi connectivity index (χ2v) is 9.42. The highest BCUT2D eigenvalue weighted by Gasteiger charge is 2.19. The van der Waals surface area contributed by atoms with Crippen LogP contribution < -0.4 is 5.43 Å². The van der Waals surface area contributed by atoms with Gasteiger partial charge < -0.3 is 4.57 Å². The molecule has 5 aromatic rings. The molecule has 0 unspecified atom stereocenters. The van der Waals surface area contributed by atoms with Crippen molar-refractivity contribution in [2.24, 2.45) is 5.10 Å². The third-order valence-electron chi connectivity index (χ3n) is 6.21. The van der Waals surface area contributed by atoms with E-state index >= 15 is 0 Å². The number of nitrogens with zero attached hydrogens (tertiary/aromatic N) is 4. The molecule has 164 valence electrons. The van der Waals surface area contributed by atoms with E-state index in [1.54, 1.807) is 17.7 Å². The van der Waals surface area contributed by atoms with Crippen LogP contribution in [-0.4, -0.2) is 20.7 Å². The zero-order chi connectivity index (χ0) is 22.2. The lowest BCUT2D eigenvalue weighted by Crippen LogP contribution is -2.01. The molecule has 0 radical (unpaired) electrons. The minimum absolute atomic E-state index is 0.222. The summed E-state index contributed by atoms with van der Waals surface area (Å²) in [6, 6.07) is 14.9. The molecule has 3 aromatic heterocycles. The summed E-state index contributed by atoms with van der Waals surface area (Å²) in [4.78, 5) is 11.4. The van der Waals surface area contributed by atoms with Crippen LogP contribution in [0.5, 0.6) is 0 Å². The van der Waals surface area contributed by atoms with Crippen LogP contribution in [0.1, 0.15) is 34.4 Å². The Labute approximate surface area is 194 Å². The number of fused-ring (bicyclic) bond motifs is 4. The van der Waals surface area contributed by atoms with E-state index in [0.29, 0.717) is 6.54 Å². The molecule has 1 aliphatic carbocycles. The highest BCUT2D eigenvalue weighted by Crippen LogP contribution is 2.38. The first-order valence-electron chi connectivity index (χ1n) is 11.1. The fourth-order valence-electron chi connectivity index (χ4n) is 4.63. The number of hydrazone groups is 1. The van der Waals surface area contributed by atoms with Gasteiger partial charge in [-0.2, -0.15) is 5.10 Å². The molecule has 1 N–H and O–H groups in total. The third kappa shape index (κ3) is 3.78. The Balaban J connectivity index is 1.31. The van der Waals surface area contributed by atoms with Crippen molar-refractivity contribution in [2.75, 3.05) is 5.43 Å². The number of hydrogen-bond acceptors (Lipinski definition) is 5. The molecule has 3 heterocycles. The van der Waals surface area contributed by atoms with Crippen LogP contribution in [0.15, 0.2) is 66.2 Å². The Hall–Kier alpha value is -3.58. The summed E-state index contributed by atoms with van der Waals surface area (Å²) in [5, 5.41) is 6.78. The molecule has 0 spiro atoms. The number of rotatable bonds is 5. The highest BCUT2D eigenvalue weighted by atomic mass is 32.1. The van der Waals surface area contributed by atoms with Gasteiger partial charge in [-0.15, -0.1) is 11.3 Å². The van der Waals surface area contributed by atoms with Gasteiger partial charge in [0.15, 0.2) is 5.82 Å². The lowest BCUT2D eigenvalue weighted by atomic mass is 9.97. The Bertz CT molecular complexity index is 1480. The molecule has 6 rings (SSSR count). The van der Waals surface area contributed by atoms with Crippen molar-refractivity contribution in [1.82, 2.24) is 14.5 Å². The molecule has 0 saturated carbocycles. The van der Waals surface area contributed by atoms with Crippen molar-refractivity contribution in [3.8, 4) is 0 Å². The van der Waals surface area contributed by atoms with Crippen LogP contribution in [0.25, 0.3) is 21.1 Å². The number of hydrogen-bond donors (Lipinski definition) is 1. The van der Waals surface area contributed by atoms with Crippen molar-refractivity contribution in [1.29, 1.82) is 0 Å². The van der Waals surface area contributed by atoms with Gasteiger partial charge in [0.2, 0.25) is 0 Å². The molecule has 0 saturated heterocycles. The van der Waals surface area contributed by atoms with Gasteiger partial charge in [0.05, 0.1) is 11.6 Å². The second-order valence-electron chi connectivity index (χ2n) is 8.34. The number of aryl methyl sites for hydroxylation is 2. The van der Waals surface area contributed by atoms with Crippen molar-refractivity contribution in [3.05, 3.63) is 88.4 Å². The smallest absolute Gasteiger partial charge is 0.158 e. The summed E-state index contributed by atoms with van der Waals surface area (Å²) in [7, 11) is 0. The molecule has 0 atom stereocenters. The minimum atomic E-state index is -0.222. The average Bonchev–Trinajstić information content (AvgIpc) is 3.40. The molecule has 0 amide bonds. The largest absolute Gasteiger partial charge is 0.342 e. The normalized spacial score (nSPS) is 13.7. The SMILES string of the molecule is Fc1ccc(Cn2cc(C=NNc3ncnc4sc5c(c34)CCCC5)c3ccccc32)cc1. The summed E-state index contributed by atoms with van der Waals surface area (Å²) >= 11 is 1.78.